The van der Waals surface area contributed by atoms with Crippen molar-refractivity contribution in [1.29, 1.82) is 0 Å². The average Bonchev–Trinajstić information content (AvgIpc) is 2.68. The second-order valence-electron chi connectivity index (χ2n) is 6.20. The lowest BCUT2D eigenvalue weighted by Crippen LogP contribution is -2.00. The second-order valence-corrected chi connectivity index (χ2v) is 6.63. The van der Waals surface area contributed by atoms with E-state index in [1.807, 2.05) is 73.7 Å². The summed E-state index contributed by atoms with van der Waals surface area (Å²) in [5, 5.41) is 4.12. The minimum atomic E-state index is 0.492. The number of aryl methyl sites for hydroxylation is 1. The lowest BCUT2D eigenvalue weighted by atomic mass is 10.1. The van der Waals surface area contributed by atoms with Gasteiger partial charge in [0.05, 0.1) is 12.0 Å². The highest BCUT2D eigenvalue weighted by Gasteiger charge is 2.01. The molecule has 0 aliphatic carbocycles. The summed E-state index contributed by atoms with van der Waals surface area (Å²) in [4.78, 5) is 4.17. The summed E-state index contributed by atoms with van der Waals surface area (Å²) >= 11 is 5.99. The summed E-state index contributed by atoms with van der Waals surface area (Å²) in [5.41, 5.74) is 10.6. The standard InChI is InChI=1S/C22H22ClN3O/c1-16-5-8-20(12-22(16)26-15-24)25-13-17-6-9-21(10-7-17)27-14-18-3-2-4-19(23)11-18/h2-12,15,25H,13-14H2,1H3,(H2,24,26). The highest BCUT2D eigenvalue weighted by atomic mass is 35.5. The lowest BCUT2D eigenvalue weighted by molar-refractivity contribution is 0.306. The van der Waals surface area contributed by atoms with Crippen LogP contribution < -0.4 is 15.8 Å². The van der Waals surface area contributed by atoms with Crippen molar-refractivity contribution in [2.24, 2.45) is 10.7 Å². The number of nitrogens with two attached hydrogens (primary N) is 1. The van der Waals surface area contributed by atoms with Gasteiger partial charge in [0.2, 0.25) is 0 Å². The van der Waals surface area contributed by atoms with E-state index in [1.165, 1.54) is 6.34 Å². The van der Waals surface area contributed by atoms with Crippen LogP contribution in [0.3, 0.4) is 0 Å². The predicted octanol–water partition coefficient (Wildman–Crippen LogP) is 5.46. The Morgan fingerprint density at radius 3 is 2.59 bits per heavy atom. The molecule has 4 nitrogen and oxygen atoms in total. The molecule has 0 amide bonds. The molecule has 0 fully saturated rings. The molecule has 0 saturated carbocycles. The molecule has 0 aliphatic rings. The van der Waals surface area contributed by atoms with Gasteiger partial charge in [-0.05, 0) is 60.0 Å². The van der Waals surface area contributed by atoms with E-state index < -0.39 is 0 Å². The number of hydrogen-bond acceptors (Lipinski definition) is 3. The Kier molecular flexibility index (Phi) is 6.34. The van der Waals surface area contributed by atoms with E-state index >= 15 is 0 Å². The van der Waals surface area contributed by atoms with Crippen molar-refractivity contribution in [2.75, 3.05) is 5.32 Å². The molecule has 0 aromatic heterocycles. The van der Waals surface area contributed by atoms with Crippen LogP contribution in [-0.2, 0) is 13.2 Å². The topological polar surface area (TPSA) is 59.6 Å². The molecule has 0 atom stereocenters. The van der Waals surface area contributed by atoms with Crippen molar-refractivity contribution in [3.05, 3.63) is 88.4 Å². The molecular formula is C22H22ClN3O. The molecule has 0 saturated heterocycles. The maximum Gasteiger partial charge on any atom is 0.119 e. The number of aliphatic imine (C=N–C) groups is 1. The molecule has 0 heterocycles. The van der Waals surface area contributed by atoms with E-state index in [4.69, 9.17) is 22.1 Å². The molecule has 27 heavy (non-hydrogen) atoms. The molecule has 3 aromatic rings. The number of hydrogen-bond donors (Lipinski definition) is 2. The summed E-state index contributed by atoms with van der Waals surface area (Å²) in [6.45, 7) is 3.21. The molecule has 0 unspecified atom stereocenters. The van der Waals surface area contributed by atoms with Gasteiger partial charge in [0, 0.05) is 17.3 Å². The van der Waals surface area contributed by atoms with Crippen molar-refractivity contribution in [2.45, 2.75) is 20.1 Å². The van der Waals surface area contributed by atoms with Gasteiger partial charge in [0.25, 0.3) is 0 Å². The summed E-state index contributed by atoms with van der Waals surface area (Å²) in [6, 6.07) is 21.8. The minimum absolute atomic E-state index is 0.492. The van der Waals surface area contributed by atoms with Crippen LogP contribution in [0.1, 0.15) is 16.7 Å². The van der Waals surface area contributed by atoms with Gasteiger partial charge in [-0.1, -0.05) is 41.9 Å². The van der Waals surface area contributed by atoms with Gasteiger partial charge >= 0.3 is 0 Å². The molecule has 0 spiro atoms. The zero-order valence-corrected chi connectivity index (χ0v) is 15.9. The van der Waals surface area contributed by atoms with Crippen LogP contribution in [0.25, 0.3) is 0 Å². The van der Waals surface area contributed by atoms with Crippen LogP contribution in [0.5, 0.6) is 5.75 Å². The van der Waals surface area contributed by atoms with E-state index in [9.17, 15) is 0 Å². The Balaban J connectivity index is 1.55. The van der Waals surface area contributed by atoms with E-state index in [0.717, 1.165) is 33.8 Å². The fourth-order valence-corrected chi connectivity index (χ4v) is 2.85. The molecule has 3 N–H and O–H groups in total. The van der Waals surface area contributed by atoms with Crippen LogP contribution in [0.2, 0.25) is 5.02 Å². The van der Waals surface area contributed by atoms with Crippen LogP contribution in [-0.4, -0.2) is 6.34 Å². The Bertz CT molecular complexity index is 923. The third-order valence-electron chi connectivity index (χ3n) is 4.14. The summed E-state index contributed by atoms with van der Waals surface area (Å²) < 4.78 is 5.81. The minimum Gasteiger partial charge on any atom is -0.489 e. The maximum absolute atomic E-state index is 5.99. The third-order valence-corrected chi connectivity index (χ3v) is 4.37. The van der Waals surface area contributed by atoms with Gasteiger partial charge in [-0.25, -0.2) is 4.99 Å². The maximum atomic E-state index is 5.99. The molecule has 3 rings (SSSR count). The Morgan fingerprint density at radius 2 is 1.85 bits per heavy atom. The summed E-state index contributed by atoms with van der Waals surface area (Å²) in [7, 11) is 0. The van der Waals surface area contributed by atoms with Crippen molar-refractivity contribution < 1.29 is 4.74 Å². The molecule has 0 aliphatic heterocycles. The van der Waals surface area contributed by atoms with Gasteiger partial charge < -0.3 is 15.8 Å². The van der Waals surface area contributed by atoms with Gasteiger partial charge in [-0.2, -0.15) is 0 Å². The van der Waals surface area contributed by atoms with Crippen molar-refractivity contribution in [3.8, 4) is 5.75 Å². The Morgan fingerprint density at radius 1 is 1.04 bits per heavy atom. The number of ether oxygens (including phenoxy) is 1. The first-order valence-corrected chi connectivity index (χ1v) is 9.07. The predicted molar refractivity (Wildman–Crippen MR) is 113 cm³/mol. The number of benzene rings is 3. The highest BCUT2D eigenvalue weighted by Crippen LogP contribution is 2.23. The van der Waals surface area contributed by atoms with E-state index in [2.05, 4.69) is 10.3 Å². The molecular weight excluding hydrogens is 358 g/mol. The zero-order chi connectivity index (χ0) is 19.1. The normalized spacial score (nSPS) is 10.9. The number of rotatable bonds is 7. The first-order valence-electron chi connectivity index (χ1n) is 8.69. The van der Waals surface area contributed by atoms with Crippen LogP contribution in [0, 0.1) is 6.92 Å². The van der Waals surface area contributed by atoms with Gasteiger partial charge in [-0.15, -0.1) is 0 Å². The Labute approximate surface area is 164 Å². The Hall–Kier alpha value is -2.98. The van der Waals surface area contributed by atoms with Gasteiger partial charge in [0.15, 0.2) is 0 Å². The van der Waals surface area contributed by atoms with Gasteiger partial charge in [0.1, 0.15) is 12.4 Å². The zero-order valence-electron chi connectivity index (χ0n) is 15.2. The number of halogens is 1. The molecule has 0 bridgehead atoms. The first kappa shape index (κ1) is 18.8. The first-order chi connectivity index (χ1) is 13.1. The van der Waals surface area contributed by atoms with Crippen LogP contribution in [0.4, 0.5) is 11.4 Å². The summed E-state index contributed by atoms with van der Waals surface area (Å²) in [6.07, 6.45) is 1.31. The van der Waals surface area contributed by atoms with Crippen LogP contribution in [0.15, 0.2) is 71.7 Å². The smallest absolute Gasteiger partial charge is 0.119 e. The SMILES string of the molecule is Cc1ccc(NCc2ccc(OCc3cccc(Cl)c3)cc2)cc1N=CN. The van der Waals surface area contributed by atoms with Crippen LogP contribution >= 0.6 is 11.6 Å². The third kappa shape index (κ3) is 5.50. The largest absolute Gasteiger partial charge is 0.489 e. The number of nitrogens with zero attached hydrogens (tertiary/aromatic N) is 1. The van der Waals surface area contributed by atoms with Gasteiger partial charge in [-0.3, -0.25) is 0 Å². The monoisotopic (exact) mass is 379 g/mol. The molecule has 3 aromatic carbocycles. The summed E-state index contributed by atoms with van der Waals surface area (Å²) in [5.74, 6) is 0.827. The average molecular weight is 380 g/mol. The second kappa shape index (κ2) is 9.10. The van der Waals surface area contributed by atoms with E-state index in [-0.39, 0.29) is 0 Å². The molecule has 138 valence electrons. The van der Waals surface area contributed by atoms with E-state index in [1.54, 1.807) is 0 Å². The fourth-order valence-electron chi connectivity index (χ4n) is 2.64. The lowest BCUT2D eigenvalue weighted by Gasteiger charge is -2.10. The van der Waals surface area contributed by atoms with E-state index in [0.29, 0.717) is 18.2 Å². The molecule has 5 heteroatoms. The van der Waals surface area contributed by atoms with Crippen molar-refractivity contribution >= 4 is 29.3 Å². The quantitative estimate of drug-likeness (QED) is 0.423. The number of anilines is 1. The number of nitrogens with one attached hydrogen (secondary N) is 1. The van der Waals surface area contributed by atoms with Crippen molar-refractivity contribution in [1.82, 2.24) is 0 Å². The van der Waals surface area contributed by atoms with Crippen molar-refractivity contribution in [3.63, 3.8) is 0 Å². The fraction of sp³-hybridized carbons (Fsp3) is 0.136. The highest BCUT2D eigenvalue weighted by molar-refractivity contribution is 6.30. The molecule has 0 radical (unpaired) electrons.